The minimum atomic E-state index is -0.0340. The molecular formula is C22H26N4O2. The molecular weight excluding hydrogens is 352 g/mol. The van der Waals surface area contributed by atoms with Gasteiger partial charge in [-0.3, -0.25) is 9.78 Å². The lowest BCUT2D eigenvalue weighted by Crippen LogP contribution is -2.41. The molecule has 2 atom stereocenters. The summed E-state index contributed by atoms with van der Waals surface area (Å²) >= 11 is 0. The Kier molecular flexibility index (Phi) is 5.55. The molecule has 0 saturated carbocycles. The second kappa shape index (κ2) is 8.42. The zero-order valence-electron chi connectivity index (χ0n) is 16.0. The van der Waals surface area contributed by atoms with Gasteiger partial charge in [0.05, 0.1) is 6.04 Å². The Bertz CT molecular complexity index is 812. The first-order valence-electron chi connectivity index (χ1n) is 9.97. The summed E-state index contributed by atoms with van der Waals surface area (Å²) in [4.78, 5) is 32.9. The van der Waals surface area contributed by atoms with Crippen LogP contribution in [0.15, 0.2) is 54.9 Å². The molecule has 3 heterocycles. The van der Waals surface area contributed by atoms with Crippen LogP contribution in [0.25, 0.3) is 0 Å². The molecule has 0 bridgehead atoms. The molecule has 2 saturated heterocycles. The van der Waals surface area contributed by atoms with Crippen LogP contribution in [0.3, 0.4) is 0 Å². The average Bonchev–Trinajstić information content (AvgIpc) is 3.35. The molecule has 2 aliphatic heterocycles. The maximum absolute atomic E-state index is 12.7. The highest BCUT2D eigenvalue weighted by atomic mass is 16.2. The standard InChI is InChI=1S/C22H26N4O2/c27-21-13-18(16-25(21)15-17-5-2-1-3-6-17)14-24-22(28)26-12-4-7-20(26)19-8-10-23-11-9-19/h1-3,5-6,8-11,18,20H,4,7,12-16H2,(H,24,28). The molecule has 3 amide bonds. The normalized spacial score (nSPS) is 21.9. The van der Waals surface area contributed by atoms with Gasteiger partial charge in [-0.2, -0.15) is 0 Å². The van der Waals surface area contributed by atoms with Crippen molar-refractivity contribution in [3.63, 3.8) is 0 Å². The summed E-state index contributed by atoms with van der Waals surface area (Å²) in [6, 6.07) is 14.1. The summed E-state index contributed by atoms with van der Waals surface area (Å²) in [6.07, 6.45) is 6.03. The van der Waals surface area contributed by atoms with E-state index < -0.39 is 0 Å². The van der Waals surface area contributed by atoms with Crippen LogP contribution in [0, 0.1) is 5.92 Å². The predicted octanol–water partition coefficient (Wildman–Crippen LogP) is 2.98. The summed E-state index contributed by atoms with van der Waals surface area (Å²) < 4.78 is 0. The van der Waals surface area contributed by atoms with Crippen molar-refractivity contribution in [2.45, 2.75) is 31.8 Å². The van der Waals surface area contributed by atoms with Crippen LogP contribution >= 0.6 is 0 Å². The molecule has 1 aromatic heterocycles. The van der Waals surface area contributed by atoms with E-state index in [2.05, 4.69) is 10.3 Å². The molecule has 0 spiro atoms. The number of hydrogen-bond acceptors (Lipinski definition) is 3. The van der Waals surface area contributed by atoms with Gasteiger partial charge in [0.1, 0.15) is 0 Å². The Labute approximate surface area is 165 Å². The number of rotatable bonds is 5. The second-order valence-electron chi connectivity index (χ2n) is 7.65. The molecule has 1 aromatic carbocycles. The van der Waals surface area contributed by atoms with Gasteiger partial charge in [-0.15, -0.1) is 0 Å². The van der Waals surface area contributed by atoms with Crippen molar-refractivity contribution < 1.29 is 9.59 Å². The molecule has 6 heteroatoms. The average molecular weight is 378 g/mol. The third kappa shape index (κ3) is 4.16. The lowest BCUT2D eigenvalue weighted by molar-refractivity contribution is -0.128. The van der Waals surface area contributed by atoms with Crippen molar-refractivity contribution in [2.24, 2.45) is 5.92 Å². The molecule has 0 radical (unpaired) electrons. The molecule has 6 nitrogen and oxygen atoms in total. The molecule has 2 aliphatic rings. The summed E-state index contributed by atoms with van der Waals surface area (Å²) in [5, 5.41) is 3.06. The van der Waals surface area contributed by atoms with Gasteiger partial charge in [-0.1, -0.05) is 30.3 Å². The van der Waals surface area contributed by atoms with Gasteiger partial charge in [0.15, 0.2) is 0 Å². The zero-order valence-corrected chi connectivity index (χ0v) is 16.0. The van der Waals surface area contributed by atoms with Gasteiger partial charge in [0, 0.05) is 50.9 Å². The van der Waals surface area contributed by atoms with Gasteiger partial charge < -0.3 is 15.1 Å². The molecule has 2 unspecified atom stereocenters. The van der Waals surface area contributed by atoms with Gasteiger partial charge in [-0.05, 0) is 36.1 Å². The number of amides is 3. The Balaban J connectivity index is 1.29. The number of likely N-dealkylation sites (tertiary alicyclic amines) is 2. The van der Waals surface area contributed by atoms with Crippen LogP contribution in [0.2, 0.25) is 0 Å². The second-order valence-corrected chi connectivity index (χ2v) is 7.65. The SMILES string of the molecule is O=C1CC(CNC(=O)N2CCCC2c2ccncc2)CN1Cc1ccccc1. The van der Waals surface area contributed by atoms with Crippen molar-refractivity contribution in [3.05, 3.63) is 66.0 Å². The molecule has 28 heavy (non-hydrogen) atoms. The monoisotopic (exact) mass is 378 g/mol. The van der Waals surface area contributed by atoms with E-state index in [-0.39, 0.29) is 23.9 Å². The number of benzene rings is 1. The van der Waals surface area contributed by atoms with Crippen LogP contribution in [0.1, 0.15) is 36.4 Å². The minimum Gasteiger partial charge on any atom is -0.338 e. The zero-order chi connectivity index (χ0) is 19.3. The number of hydrogen-bond donors (Lipinski definition) is 1. The van der Waals surface area contributed by atoms with Crippen molar-refractivity contribution in [3.8, 4) is 0 Å². The van der Waals surface area contributed by atoms with Crippen LogP contribution < -0.4 is 5.32 Å². The van der Waals surface area contributed by atoms with Gasteiger partial charge in [-0.25, -0.2) is 4.79 Å². The Morgan fingerprint density at radius 2 is 1.93 bits per heavy atom. The van der Waals surface area contributed by atoms with Crippen molar-refractivity contribution in [1.82, 2.24) is 20.1 Å². The van der Waals surface area contributed by atoms with E-state index in [1.807, 2.05) is 52.3 Å². The fourth-order valence-corrected chi connectivity index (χ4v) is 4.22. The van der Waals surface area contributed by atoms with Crippen LogP contribution in [-0.4, -0.2) is 46.4 Å². The number of carbonyl (C=O) groups is 2. The lowest BCUT2D eigenvalue weighted by atomic mass is 10.1. The van der Waals surface area contributed by atoms with E-state index in [0.717, 1.165) is 30.5 Å². The number of carbonyl (C=O) groups excluding carboxylic acids is 2. The van der Waals surface area contributed by atoms with E-state index in [9.17, 15) is 9.59 Å². The molecule has 2 aromatic rings. The van der Waals surface area contributed by atoms with Crippen LogP contribution in [0.4, 0.5) is 4.79 Å². The minimum absolute atomic E-state index is 0.0340. The third-order valence-corrected chi connectivity index (χ3v) is 5.66. The highest BCUT2D eigenvalue weighted by molar-refractivity contribution is 5.79. The molecule has 1 N–H and O–H groups in total. The Morgan fingerprint density at radius 1 is 1.14 bits per heavy atom. The van der Waals surface area contributed by atoms with E-state index >= 15 is 0 Å². The smallest absolute Gasteiger partial charge is 0.317 e. The number of urea groups is 1. The predicted molar refractivity (Wildman–Crippen MR) is 106 cm³/mol. The lowest BCUT2D eigenvalue weighted by Gasteiger charge is -2.26. The van der Waals surface area contributed by atoms with Crippen LogP contribution in [0.5, 0.6) is 0 Å². The maximum Gasteiger partial charge on any atom is 0.317 e. The summed E-state index contributed by atoms with van der Waals surface area (Å²) in [5.41, 5.74) is 2.27. The van der Waals surface area contributed by atoms with Gasteiger partial charge in [0.25, 0.3) is 0 Å². The molecule has 2 fully saturated rings. The van der Waals surface area contributed by atoms with E-state index in [1.54, 1.807) is 12.4 Å². The summed E-state index contributed by atoms with van der Waals surface area (Å²) in [6.45, 7) is 2.64. The van der Waals surface area contributed by atoms with E-state index in [1.165, 1.54) is 0 Å². The quantitative estimate of drug-likeness (QED) is 0.870. The highest BCUT2D eigenvalue weighted by Crippen LogP contribution is 2.31. The fraction of sp³-hybridized carbons (Fsp3) is 0.409. The maximum atomic E-state index is 12.7. The number of aromatic nitrogens is 1. The molecule has 4 rings (SSSR count). The van der Waals surface area contributed by atoms with Crippen molar-refractivity contribution in [2.75, 3.05) is 19.6 Å². The number of pyridine rings is 1. The van der Waals surface area contributed by atoms with Crippen molar-refractivity contribution in [1.29, 1.82) is 0 Å². The first kappa shape index (κ1) is 18.5. The first-order chi connectivity index (χ1) is 13.7. The molecule has 0 aliphatic carbocycles. The summed E-state index contributed by atoms with van der Waals surface area (Å²) in [7, 11) is 0. The Hall–Kier alpha value is -2.89. The third-order valence-electron chi connectivity index (χ3n) is 5.66. The highest BCUT2D eigenvalue weighted by Gasteiger charge is 2.32. The largest absolute Gasteiger partial charge is 0.338 e. The fourth-order valence-electron chi connectivity index (χ4n) is 4.22. The van der Waals surface area contributed by atoms with E-state index in [0.29, 0.717) is 26.1 Å². The molecule has 146 valence electrons. The Morgan fingerprint density at radius 3 is 2.71 bits per heavy atom. The van der Waals surface area contributed by atoms with E-state index in [4.69, 9.17) is 0 Å². The first-order valence-corrected chi connectivity index (χ1v) is 9.97. The number of nitrogens with one attached hydrogen (secondary N) is 1. The van der Waals surface area contributed by atoms with Gasteiger partial charge >= 0.3 is 6.03 Å². The van der Waals surface area contributed by atoms with Crippen molar-refractivity contribution >= 4 is 11.9 Å². The van der Waals surface area contributed by atoms with Crippen LogP contribution in [-0.2, 0) is 11.3 Å². The van der Waals surface area contributed by atoms with Gasteiger partial charge in [0.2, 0.25) is 5.91 Å². The topological polar surface area (TPSA) is 65.5 Å². The summed E-state index contributed by atoms with van der Waals surface area (Å²) in [5.74, 6) is 0.334. The number of nitrogens with zero attached hydrogens (tertiary/aromatic N) is 3.